The third-order valence-corrected chi connectivity index (χ3v) is 3.58. The molecule has 2 aromatic carbocycles. The number of carbonyl (C=O) groups is 1. The topological polar surface area (TPSA) is 61.4 Å². The zero-order chi connectivity index (χ0) is 16.5. The SMILES string of the molecule is O=C(NCCF)NCC(Cc1ccccc1)c1ccc(O)cc1. The molecule has 0 heterocycles. The van der Waals surface area contributed by atoms with Gasteiger partial charge >= 0.3 is 6.03 Å². The zero-order valence-electron chi connectivity index (χ0n) is 12.8. The summed E-state index contributed by atoms with van der Waals surface area (Å²) in [6, 6.07) is 16.6. The second kappa shape index (κ2) is 8.78. The zero-order valence-corrected chi connectivity index (χ0v) is 12.8. The lowest BCUT2D eigenvalue weighted by molar-refractivity contribution is 0.239. The lowest BCUT2D eigenvalue weighted by atomic mass is 9.92. The van der Waals surface area contributed by atoms with Gasteiger partial charge in [0.25, 0.3) is 0 Å². The normalized spacial score (nSPS) is 11.7. The number of rotatable bonds is 7. The van der Waals surface area contributed by atoms with Crippen molar-refractivity contribution in [1.29, 1.82) is 0 Å². The van der Waals surface area contributed by atoms with Crippen molar-refractivity contribution in [3.63, 3.8) is 0 Å². The molecule has 5 heteroatoms. The van der Waals surface area contributed by atoms with Crippen LogP contribution in [0.15, 0.2) is 54.6 Å². The number of nitrogens with one attached hydrogen (secondary N) is 2. The average molecular weight is 316 g/mol. The van der Waals surface area contributed by atoms with E-state index in [1.54, 1.807) is 12.1 Å². The summed E-state index contributed by atoms with van der Waals surface area (Å²) in [7, 11) is 0. The molecule has 0 saturated heterocycles. The highest BCUT2D eigenvalue weighted by Gasteiger charge is 2.14. The number of hydrogen-bond donors (Lipinski definition) is 3. The van der Waals surface area contributed by atoms with Crippen molar-refractivity contribution in [1.82, 2.24) is 10.6 Å². The molecule has 122 valence electrons. The summed E-state index contributed by atoms with van der Waals surface area (Å²) < 4.78 is 12.1. The van der Waals surface area contributed by atoms with Gasteiger partial charge in [-0.2, -0.15) is 0 Å². The van der Waals surface area contributed by atoms with E-state index >= 15 is 0 Å². The minimum atomic E-state index is -0.584. The summed E-state index contributed by atoms with van der Waals surface area (Å²) >= 11 is 0. The fourth-order valence-electron chi connectivity index (χ4n) is 2.39. The number of amides is 2. The van der Waals surface area contributed by atoms with Gasteiger partial charge in [-0.25, -0.2) is 9.18 Å². The molecule has 0 aliphatic carbocycles. The number of carbonyl (C=O) groups excluding carboxylic acids is 1. The van der Waals surface area contributed by atoms with Crippen molar-refractivity contribution < 1.29 is 14.3 Å². The van der Waals surface area contributed by atoms with Gasteiger partial charge in [-0.3, -0.25) is 0 Å². The Labute approximate surface area is 135 Å². The van der Waals surface area contributed by atoms with Crippen LogP contribution >= 0.6 is 0 Å². The van der Waals surface area contributed by atoms with Crippen LogP contribution in [0, 0.1) is 0 Å². The smallest absolute Gasteiger partial charge is 0.314 e. The molecule has 2 rings (SSSR count). The van der Waals surface area contributed by atoms with Crippen LogP contribution < -0.4 is 10.6 Å². The van der Waals surface area contributed by atoms with Crippen LogP contribution in [0.1, 0.15) is 17.0 Å². The van der Waals surface area contributed by atoms with Crippen LogP contribution in [0.25, 0.3) is 0 Å². The van der Waals surface area contributed by atoms with E-state index in [4.69, 9.17) is 0 Å². The predicted molar refractivity (Wildman–Crippen MR) is 88.4 cm³/mol. The van der Waals surface area contributed by atoms with Crippen LogP contribution in [0.3, 0.4) is 0 Å². The number of benzene rings is 2. The largest absolute Gasteiger partial charge is 0.508 e. The average Bonchev–Trinajstić information content (AvgIpc) is 2.58. The summed E-state index contributed by atoms with van der Waals surface area (Å²) in [6.45, 7) is -0.148. The molecule has 3 N–H and O–H groups in total. The lowest BCUT2D eigenvalue weighted by Gasteiger charge is -2.19. The van der Waals surface area contributed by atoms with E-state index in [-0.39, 0.29) is 24.2 Å². The quantitative estimate of drug-likeness (QED) is 0.735. The van der Waals surface area contributed by atoms with E-state index in [1.165, 1.54) is 0 Å². The van der Waals surface area contributed by atoms with Crippen LogP contribution in [0.4, 0.5) is 9.18 Å². The minimum Gasteiger partial charge on any atom is -0.508 e. The molecular formula is C18H21FN2O2. The highest BCUT2D eigenvalue weighted by molar-refractivity contribution is 5.73. The molecule has 23 heavy (non-hydrogen) atoms. The maximum Gasteiger partial charge on any atom is 0.314 e. The van der Waals surface area contributed by atoms with Gasteiger partial charge in [-0.05, 0) is 29.7 Å². The molecular weight excluding hydrogens is 295 g/mol. The fraction of sp³-hybridized carbons (Fsp3) is 0.278. The van der Waals surface area contributed by atoms with Crippen molar-refractivity contribution in [3.8, 4) is 5.75 Å². The maximum absolute atomic E-state index is 12.1. The Balaban J connectivity index is 2.05. The molecule has 0 saturated carbocycles. The van der Waals surface area contributed by atoms with Gasteiger partial charge in [0.15, 0.2) is 0 Å². The standard InChI is InChI=1S/C18H21FN2O2/c19-10-11-20-18(23)21-13-16(12-14-4-2-1-3-5-14)15-6-8-17(22)9-7-15/h1-9,16,22H,10-13H2,(H2,20,21,23). The Bertz CT molecular complexity index is 602. The molecule has 2 amide bonds. The molecule has 2 aromatic rings. The first-order chi connectivity index (χ1) is 11.2. The van der Waals surface area contributed by atoms with Gasteiger partial charge in [-0.15, -0.1) is 0 Å². The fourth-order valence-corrected chi connectivity index (χ4v) is 2.39. The number of alkyl halides is 1. The van der Waals surface area contributed by atoms with Gasteiger partial charge in [0.1, 0.15) is 12.4 Å². The minimum absolute atomic E-state index is 0.00833. The van der Waals surface area contributed by atoms with Crippen molar-refractivity contribution in [3.05, 3.63) is 65.7 Å². The molecule has 0 spiro atoms. The Kier molecular flexibility index (Phi) is 6.41. The van der Waals surface area contributed by atoms with E-state index in [1.807, 2.05) is 42.5 Å². The van der Waals surface area contributed by atoms with Crippen LogP contribution in [0.2, 0.25) is 0 Å². The summed E-state index contributed by atoms with van der Waals surface area (Å²) in [5, 5.41) is 14.6. The second-order valence-corrected chi connectivity index (χ2v) is 5.30. The molecule has 4 nitrogen and oxygen atoms in total. The van der Waals surface area contributed by atoms with Gasteiger partial charge in [0, 0.05) is 19.0 Å². The van der Waals surface area contributed by atoms with E-state index in [0.717, 1.165) is 17.5 Å². The van der Waals surface area contributed by atoms with Crippen LogP contribution in [-0.2, 0) is 6.42 Å². The predicted octanol–water partition coefficient (Wildman–Crippen LogP) is 2.99. The summed E-state index contributed by atoms with van der Waals surface area (Å²) in [5.74, 6) is 0.273. The van der Waals surface area contributed by atoms with Crippen LogP contribution in [0.5, 0.6) is 5.75 Å². The van der Waals surface area contributed by atoms with Gasteiger partial charge < -0.3 is 15.7 Å². The third kappa shape index (κ3) is 5.62. The number of hydrogen-bond acceptors (Lipinski definition) is 2. The molecule has 0 bridgehead atoms. The third-order valence-electron chi connectivity index (χ3n) is 3.58. The number of aromatic hydroxyl groups is 1. The first kappa shape index (κ1) is 16.8. The van der Waals surface area contributed by atoms with E-state index < -0.39 is 6.67 Å². The first-order valence-electron chi connectivity index (χ1n) is 7.59. The molecule has 0 aliphatic rings. The Morgan fingerprint density at radius 2 is 1.74 bits per heavy atom. The van der Waals surface area contributed by atoms with E-state index in [9.17, 15) is 14.3 Å². The molecule has 1 unspecified atom stereocenters. The van der Waals surface area contributed by atoms with Crippen LogP contribution in [-0.4, -0.2) is 30.9 Å². The summed E-state index contributed by atoms with van der Waals surface area (Å²) in [4.78, 5) is 11.6. The van der Waals surface area contributed by atoms with Gasteiger partial charge in [-0.1, -0.05) is 42.5 Å². The Morgan fingerprint density at radius 3 is 2.39 bits per heavy atom. The first-order valence-corrected chi connectivity index (χ1v) is 7.59. The molecule has 0 aromatic heterocycles. The summed E-state index contributed by atoms with van der Waals surface area (Å²) in [6.07, 6.45) is 0.759. The van der Waals surface area contributed by atoms with Crippen molar-refractivity contribution in [2.45, 2.75) is 12.3 Å². The maximum atomic E-state index is 12.1. The van der Waals surface area contributed by atoms with Gasteiger partial charge in [0.2, 0.25) is 0 Å². The Morgan fingerprint density at radius 1 is 1.04 bits per heavy atom. The van der Waals surface area contributed by atoms with Crippen molar-refractivity contribution in [2.75, 3.05) is 19.8 Å². The molecule has 0 aliphatic heterocycles. The van der Waals surface area contributed by atoms with E-state index in [0.29, 0.717) is 6.54 Å². The highest BCUT2D eigenvalue weighted by Crippen LogP contribution is 2.22. The highest BCUT2D eigenvalue weighted by atomic mass is 19.1. The van der Waals surface area contributed by atoms with Crippen molar-refractivity contribution >= 4 is 6.03 Å². The lowest BCUT2D eigenvalue weighted by Crippen LogP contribution is -2.39. The number of halogens is 1. The Hall–Kier alpha value is -2.56. The monoisotopic (exact) mass is 316 g/mol. The molecule has 1 atom stereocenters. The van der Waals surface area contributed by atoms with E-state index in [2.05, 4.69) is 10.6 Å². The van der Waals surface area contributed by atoms with Crippen molar-refractivity contribution in [2.24, 2.45) is 0 Å². The molecule has 0 fully saturated rings. The summed E-state index contributed by atoms with van der Waals surface area (Å²) in [5.41, 5.74) is 2.19. The second-order valence-electron chi connectivity index (χ2n) is 5.30. The number of phenolic OH excluding ortho intramolecular Hbond substituents is 1. The number of urea groups is 1. The number of phenols is 1. The molecule has 0 radical (unpaired) electrons. The van der Waals surface area contributed by atoms with Gasteiger partial charge in [0.05, 0.1) is 0 Å².